The van der Waals surface area contributed by atoms with Crippen LogP contribution in [0.25, 0.3) is 21.9 Å². The lowest BCUT2D eigenvalue weighted by Gasteiger charge is -2.18. The molecule has 2 aromatic heterocycles. The Labute approximate surface area is 161 Å². The second-order valence-corrected chi connectivity index (χ2v) is 6.86. The molecular formula is C22H19N3O3. The van der Waals surface area contributed by atoms with Crippen molar-refractivity contribution < 1.29 is 14.4 Å². The minimum atomic E-state index is 0.481. The molecule has 6 heteroatoms. The van der Waals surface area contributed by atoms with Crippen molar-refractivity contribution in [3.63, 3.8) is 0 Å². The van der Waals surface area contributed by atoms with E-state index in [1.165, 1.54) is 0 Å². The number of nitrogens with zero attached hydrogens (tertiary/aromatic N) is 3. The predicted molar refractivity (Wildman–Crippen MR) is 107 cm³/mol. The molecule has 1 saturated heterocycles. The lowest BCUT2D eigenvalue weighted by molar-refractivity contribution is 0.307. The second kappa shape index (κ2) is 6.88. The zero-order chi connectivity index (χ0) is 18.9. The van der Waals surface area contributed by atoms with Crippen LogP contribution in [0.5, 0.6) is 11.6 Å². The molecule has 0 saturated carbocycles. The minimum absolute atomic E-state index is 0.481. The molecule has 6 nitrogen and oxygen atoms in total. The summed E-state index contributed by atoms with van der Waals surface area (Å²) in [5, 5.41) is 14.9. The van der Waals surface area contributed by atoms with Gasteiger partial charge in [0.05, 0.1) is 0 Å². The number of para-hydroxylation sites is 1. The van der Waals surface area contributed by atoms with Crippen LogP contribution in [0.1, 0.15) is 18.4 Å². The fourth-order valence-electron chi connectivity index (χ4n) is 3.69. The van der Waals surface area contributed by atoms with Gasteiger partial charge in [-0.25, -0.2) is 4.98 Å². The van der Waals surface area contributed by atoms with Gasteiger partial charge in [0.2, 0.25) is 5.88 Å². The molecule has 2 aromatic carbocycles. The minimum Gasteiger partial charge on any atom is -0.456 e. The van der Waals surface area contributed by atoms with Crippen LogP contribution in [0.3, 0.4) is 0 Å². The monoisotopic (exact) mass is 373 g/mol. The number of hydrogen-bond acceptors (Lipinski definition) is 5. The van der Waals surface area contributed by atoms with Crippen molar-refractivity contribution in [3.05, 3.63) is 66.4 Å². The number of furan rings is 1. The molecule has 0 atom stereocenters. The van der Waals surface area contributed by atoms with Crippen molar-refractivity contribution in [1.29, 1.82) is 0 Å². The molecule has 0 radical (unpaired) electrons. The molecule has 5 rings (SSSR count). The van der Waals surface area contributed by atoms with Crippen molar-refractivity contribution in [2.75, 3.05) is 13.1 Å². The zero-order valence-corrected chi connectivity index (χ0v) is 15.2. The smallest absolute Gasteiger partial charge is 0.219 e. The van der Waals surface area contributed by atoms with E-state index < -0.39 is 0 Å². The van der Waals surface area contributed by atoms with Gasteiger partial charge in [0.1, 0.15) is 16.9 Å². The van der Waals surface area contributed by atoms with Crippen molar-refractivity contribution in [2.24, 2.45) is 5.16 Å². The Balaban J connectivity index is 1.40. The third-order valence-electron chi connectivity index (χ3n) is 5.07. The first-order chi connectivity index (χ1) is 13.8. The zero-order valence-electron chi connectivity index (χ0n) is 15.2. The highest BCUT2D eigenvalue weighted by Gasteiger charge is 2.19. The maximum atomic E-state index is 9.39. The van der Waals surface area contributed by atoms with Gasteiger partial charge < -0.3 is 19.3 Å². The van der Waals surface area contributed by atoms with Gasteiger partial charge in [-0.1, -0.05) is 23.4 Å². The van der Waals surface area contributed by atoms with E-state index in [0.29, 0.717) is 17.5 Å². The maximum Gasteiger partial charge on any atom is 0.219 e. The molecule has 3 heterocycles. The Morgan fingerprint density at radius 2 is 1.82 bits per heavy atom. The molecule has 0 bridgehead atoms. The molecular weight excluding hydrogens is 354 g/mol. The number of amidine groups is 1. The van der Waals surface area contributed by atoms with E-state index in [4.69, 9.17) is 9.15 Å². The van der Waals surface area contributed by atoms with Gasteiger partial charge in [0, 0.05) is 41.7 Å². The molecule has 1 N–H and O–H groups in total. The van der Waals surface area contributed by atoms with Gasteiger partial charge in [0.25, 0.3) is 0 Å². The average molecular weight is 373 g/mol. The fourth-order valence-corrected chi connectivity index (χ4v) is 3.69. The summed E-state index contributed by atoms with van der Waals surface area (Å²) in [5.41, 5.74) is 2.45. The highest BCUT2D eigenvalue weighted by Crippen LogP contribution is 2.32. The third kappa shape index (κ3) is 2.93. The van der Waals surface area contributed by atoms with Crippen LogP contribution in [0.15, 0.2) is 70.4 Å². The quantitative estimate of drug-likeness (QED) is 0.237. The number of aromatic nitrogens is 1. The van der Waals surface area contributed by atoms with Crippen molar-refractivity contribution in [1.82, 2.24) is 9.88 Å². The van der Waals surface area contributed by atoms with Crippen LogP contribution in [-0.4, -0.2) is 34.0 Å². The Morgan fingerprint density at radius 3 is 2.61 bits per heavy atom. The summed E-state index contributed by atoms with van der Waals surface area (Å²) in [7, 11) is 0. The van der Waals surface area contributed by atoms with Crippen LogP contribution in [-0.2, 0) is 0 Å². The fraction of sp³-hybridized carbons (Fsp3) is 0.182. The maximum absolute atomic E-state index is 9.39. The standard InChI is InChI=1S/C22H19N3O3/c26-24-22(25-11-3-4-12-25)15-7-10-21(23-14-15)27-16-8-9-20-18(13-16)17-5-1-2-6-19(17)28-20/h1-2,5-10,13-14,26H,3-4,11-12H2/b24-22-. The van der Waals surface area contributed by atoms with Gasteiger partial charge >= 0.3 is 0 Å². The lowest BCUT2D eigenvalue weighted by atomic mass is 10.1. The third-order valence-corrected chi connectivity index (χ3v) is 5.07. The first-order valence-corrected chi connectivity index (χ1v) is 9.34. The first kappa shape index (κ1) is 16.6. The van der Waals surface area contributed by atoms with E-state index in [0.717, 1.165) is 53.4 Å². The van der Waals surface area contributed by atoms with E-state index in [9.17, 15) is 5.21 Å². The average Bonchev–Trinajstić information content (AvgIpc) is 3.38. The van der Waals surface area contributed by atoms with E-state index >= 15 is 0 Å². The van der Waals surface area contributed by atoms with Crippen LogP contribution in [0.2, 0.25) is 0 Å². The van der Waals surface area contributed by atoms with E-state index in [1.807, 2.05) is 48.5 Å². The van der Waals surface area contributed by atoms with Crippen LogP contribution >= 0.6 is 0 Å². The van der Waals surface area contributed by atoms with Crippen LogP contribution in [0.4, 0.5) is 0 Å². The molecule has 0 unspecified atom stereocenters. The number of fused-ring (bicyclic) bond motifs is 3. The molecule has 1 aliphatic heterocycles. The normalized spacial score (nSPS) is 14.9. The molecule has 0 spiro atoms. The Hall–Kier alpha value is -3.54. The summed E-state index contributed by atoms with van der Waals surface area (Å²) in [5.74, 6) is 1.73. The van der Waals surface area contributed by atoms with Crippen LogP contribution < -0.4 is 4.74 Å². The van der Waals surface area contributed by atoms with Crippen LogP contribution in [0, 0.1) is 0 Å². The van der Waals surface area contributed by atoms with E-state index in [2.05, 4.69) is 15.0 Å². The summed E-state index contributed by atoms with van der Waals surface area (Å²) in [6, 6.07) is 17.3. The highest BCUT2D eigenvalue weighted by atomic mass is 16.5. The molecule has 0 aliphatic carbocycles. The largest absolute Gasteiger partial charge is 0.456 e. The predicted octanol–water partition coefficient (Wildman–Crippen LogP) is 5.00. The Kier molecular flexibility index (Phi) is 4.09. The summed E-state index contributed by atoms with van der Waals surface area (Å²) in [6.07, 6.45) is 3.89. The summed E-state index contributed by atoms with van der Waals surface area (Å²) >= 11 is 0. The number of hydrogen-bond donors (Lipinski definition) is 1. The SMILES string of the molecule is O/N=C(/c1ccc(Oc2ccc3oc4ccccc4c3c2)nc1)N1CCCC1. The Bertz CT molecular complexity index is 1160. The summed E-state index contributed by atoms with van der Waals surface area (Å²) in [4.78, 5) is 6.44. The first-order valence-electron chi connectivity index (χ1n) is 9.34. The van der Waals surface area contributed by atoms with Gasteiger partial charge in [-0.3, -0.25) is 0 Å². The molecule has 1 aliphatic rings. The summed E-state index contributed by atoms with van der Waals surface area (Å²) < 4.78 is 11.8. The van der Waals surface area contributed by atoms with E-state index in [-0.39, 0.29) is 0 Å². The Morgan fingerprint density at radius 1 is 1.00 bits per heavy atom. The number of benzene rings is 2. The number of rotatable bonds is 3. The van der Waals surface area contributed by atoms with Crippen molar-refractivity contribution in [2.45, 2.75) is 12.8 Å². The van der Waals surface area contributed by atoms with E-state index in [1.54, 1.807) is 12.3 Å². The molecule has 4 aromatic rings. The number of pyridine rings is 1. The van der Waals surface area contributed by atoms with Gasteiger partial charge in [-0.05, 0) is 43.2 Å². The number of oxime groups is 1. The van der Waals surface area contributed by atoms with Gasteiger partial charge in [-0.15, -0.1) is 0 Å². The molecule has 28 heavy (non-hydrogen) atoms. The highest BCUT2D eigenvalue weighted by molar-refractivity contribution is 6.05. The topological polar surface area (TPSA) is 71.1 Å². The molecule has 1 fully saturated rings. The number of likely N-dealkylation sites (tertiary alicyclic amines) is 1. The lowest BCUT2D eigenvalue weighted by Crippen LogP contribution is -2.28. The van der Waals surface area contributed by atoms with Gasteiger partial charge in [0.15, 0.2) is 5.84 Å². The summed E-state index contributed by atoms with van der Waals surface area (Å²) in [6.45, 7) is 1.80. The van der Waals surface area contributed by atoms with Crippen molar-refractivity contribution >= 4 is 27.8 Å². The van der Waals surface area contributed by atoms with Gasteiger partial charge in [-0.2, -0.15) is 0 Å². The molecule has 140 valence electrons. The second-order valence-electron chi connectivity index (χ2n) is 6.86. The number of ether oxygens (including phenoxy) is 1. The van der Waals surface area contributed by atoms with Crippen molar-refractivity contribution in [3.8, 4) is 11.6 Å². The molecule has 0 amide bonds.